The van der Waals surface area contributed by atoms with Crippen LogP contribution in [0.5, 0.6) is 0 Å². The number of halogens is 3. The monoisotopic (exact) mass is 377 g/mol. The second-order valence-electron chi connectivity index (χ2n) is 7.04. The van der Waals surface area contributed by atoms with Crippen LogP contribution >= 0.6 is 0 Å². The van der Waals surface area contributed by atoms with Gasteiger partial charge in [-0.25, -0.2) is 0 Å². The molecule has 1 atom stereocenters. The molecular weight excluding hydrogens is 355 g/mol. The maximum absolute atomic E-state index is 12.6. The highest BCUT2D eigenvalue weighted by Crippen LogP contribution is 2.45. The first-order valence-corrected chi connectivity index (χ1v) is 9.00. The Labute approximate surface area is 156 Å². The second kappa shape index (κ2) is 7.72. The molecule has 0 aromatic heterocycles. The molecule has 1 fully saturated rings. The van der Waals surface area contributed by atoms with Gasteiger partial charge in [0.15, 0.2) is 0 Å². The Hall–Kier alpha value is -2.34. The molecule has 0 unspecified atom stereocenters. The van der Waals surface area contributed by atoms with E-state index in [9.17, 15) is 23.1 Å². The van der Waals surface area contributed by atoms with Gasteiger partial charge in [0.05, 0.1) is 12.1 Å². The zero-order valence-electron chi connectivity index (χ0n) is 14.8. The van der Waals surface area contributed by atoms with Crippen LogP contribution < -0.4 is 5.32 Å². The van der Waals surface area contributed by atoms with Crippen LogP contribution in [0.2, 0.25) is 0 Å². The van der Waals surface area contributed by atoms with Gasteiger partial charge in [0.1, 0.15) is 5.60 Å². The van der Waals surface area contributed by atoms with Crippen LogP contribution in [0.15, 0.2) is 54.6 Å². The maximum Gasteiger partial charge on any atom is 0.416 e. The number of aliphatic hydroxyl groups is 1. The van der Waals surface area contributed by atoms with Gasteiger partial charge in [0.25, 0.3) is 0 Å². The van der Waals surface area contributed by atoms with Gasteiger partial charge in [-0.2, -0.15) is 13.2 Å². The highest BCUT2D eigenvalue weighted by atomic mass is 19.4. The fourth-order valence-corrected chi connectivity index (χ4v) is 3.21. The van der Waals surface area contributed by atoms with Crippen molar-refractivity contribution in [2.24, 2.45) is 5.92 Å². The van der Waals surface area contributed by atoms with E-state index in [1.165, 1.54) is 12.1 Å². The SMILES string of the molecule is O=C(CCc1ccc(C(F)(F)F)cc1)NC[C@](O)(c1ccccc1)C1CC1. The van der Waals surface area contributed by atoms with Crippen LogP contribution in [0, 0.1) is 5.92 Å². The van der Waals surface area contributed by atoms with Crippen molar-refractivity contribution in [2.75, 3.05) is 6.54 Å². The molecule has 0 spiro atoms. The molecule has 3 rings (SSSR count). The van der Waals surface area contributed by atoms with Gasteiger partial charge in [-0.05, 0) is 48.4 Å². The van der Waals surface area contributed by atoms with E-state index in [1.807, 2.05) is 30.3 Å². The Balaban J connectivity index is 1.53. The van der Waals surface area contributed by atoms with Crippen LogP contribution in [0.4, 0.5) is 13.2 Å². The first-order valence-electron chi connectivity index (χ1n) is 9.00. The van der Waals surface area contributed by atoms with Crippen molar-refractivity contribution in [1.82, 2.24) is 5.32 Å². The highest BCUT2D eigenvalue weighted by molar-refractivity contribution is 5.76. The van der Waals surface area contributed by atoms with Crippen molar-refractivity contribution in [3.63, 3.8) is 0 Å². The Morgan fingerprint density at radius 2 is 1.63 bits per heavy atom. The summed E-state index contributed by atoms with van der Waals surface area (Å²) in [4.78, 5) is 12.2. The molecule has 1 aliphatic rings. The number of hydrogen-bond acceptors (Lipinski definition) is 2. The minimum absolute atomic E-state index is 0.132. The first-order chi connectivity index (χ1) is 12.8. The van der Waals surface area contributed by atoms with E-state index in [4.69, 9.17) is 0 Å². The fourth-order valence-electron chi connectivity index (χ4n) is 3.21. The topological polar surface area (TPSA) is 49.3 Å². The van der Waals surface area contributed by atoms with Gasteiger partial charge in [-0.3, -0.25) is 4.79 Å². The van der Waals surface area contributed by atoms with Crippen LogP contribution in [0.3, 0.4) is 0 Å². The standard InChI is InChI=1S/C21H22F3NO2/c22-21(23,24)18-9-6-15(7-10-18)8-13-19(26)25-14-20(27,17-11-12-17)16-4-2-1-3-5-16/h1-7,9-10,17,27H,8,11-14H2,(H,25,26)/t20-/m0/s1. The molecule has 2 aromatic carbocycles. The fraction of sp³-hybridized carbons (Fsp3) is 0.381. The van der Waals surface area contributed by atoms with Crippen molar-refractivity contribution < 1.29 is 23.1 Å². The quantitative estimate of drug-likeness (QED) is 0.765. The van der Waals surface area contributed by atoms with E-state index < -0.39 is 17.3 Å². The van der Waals surface area contributed by atoms with Crippen LogP contribution in [-0.2, 0) is 23.0 Å². The van der Waals surface area contributed by atoms with Crippen molar-refractivity contribution in [2.45, 2.75) is 37.5 Å². The summed E-state index contributed by atoms with van der Waals surface area (Å²) in [5.41, 5.74) is -0.326. The lowest BCUT2D eigenvalue weighted by molar-refractivity contribution is -0.137. The third-order valence-corrected chi connectivity index (χ3v) is 5.00. The summed E-state index contributed by atoms with van der Waals surface area (Å²) in [7, 11) is 0. The Kier molecular flexibility index (Phi) is 5.56. The highest BCUT2D eigenvalue weighted by Gasteiger charge is 2.45. The molecule has 0 bridgehead atoms. The maximum atomic E-state index is 12.6. The molecule has 0 radical (unpaired) electrons. The van der Waals surface area contributed by atoms with Crippen molar-refractivity contribution in [3.05, 3.63) is 71.3 Å². The largest absolute Gasteiger partial charge is 0.416 e. The number of hydrogen-bond donors (Lipinski definition) is 2. The van der Waals surface area contributed by atoms with Gasteiger partial charge in [0, 0.05) is 6.42 Å². The third-order valence-electron chi connectivity index (χ3n) is 5.00. The molecular formula is C21H22F3NO2. The van der Waals surface area contributed by atoms with Gasteiger partial charge in [-0.1, -0.05) is 42.5 Å². The molecule has 0 saturated heterocycles. The smallest absolute Gasteiger partial charge is 0.383 e. The van der Waals surface area contributed by atoms with Crippen molar-refractivity contribution in [1.29, 1.82) is 0 Å². The Morgan fingerprint density at radius 3 is 2.19 bits per heavy atom. The summed E-state index contributed by atoms with van der Waals surface area (Å²) >= 11 is 0. The lowest BCUT2D eigenvalue weighted by Crippen LogP contribution is -2.42. The summed E-state index contributed by atoms with van der Waals surface area (Å²) < 4.78 is 37.7. The van der Waals surface area contributed by atoms with E-state index in [2.05, 4.69) is 5.32 Å². The average molecular weight is 377 g/mol. The summed E-state index contributed by atoms with van der Waals surface area (Å²) in [6, 6.07) is 14.1. The van der Waals surface area contributed by atoms with Crippen LogP contribution in [0.25, 0.3) is 0 Å². The third kappa shape index (κ3) is 4.89. The van der Waals surface area contributed by atoms with E-state index in [0.717, 1.165) is 30.5 Å². The zero-order chi connectivity index (χ0) is 19.5. The number of amides is 1. The number of benzene rings is 2. The van der Waals surface area contributed by atoms with Crippen molar-refractivity contribution >= 4 is 5.91 Å². The second-order valence-corrected chi connectivity index (χ2v) is 7.04. The normalized spacial score (nSPS) is 16.6. The van der Waals surface area contributed by atoms with E-state index >= 15 is 0 Å². The predicted octanol–water partition coefficient (Wildman–Crippen LogP) is 4.05. The number of carbonyl (C=O) groups is 1. The Bertz CT molecular complexity index is 770. The molecule has 0 aliphatic heterocycles. The molecule has 27 heavy (non-hydrogen) atoms. The van der Waals surface area contributed by atoms with Gasteiger partial charge < -0.3 is 10.4 Å². The summed E-state index contributed by atoms with van der Waals surface area (Å²) in [6.45, 7) is 0.132. The summed E-state index contributed by atoms with van der Waals surface area (Å²) in [6.07, 6.45) is -2.02. The average Bonchev–Trinajstić information content (AvgIpc) is 3.50. The number of rotatable bonds is 7. The number of nitrogens with one attached hydrogen (secondary N) is 1. The number of carbonyl (C=O) groups excluding carboxylic acids is 1. The van der Waals surface area contributed by atoms with Gasteiger partial charge in [-0.15, -0.1) is 0 Å². The summed E-state index contributed by atoms with van der Waals surface area (Å²) in [5.74, 6) is -0.0972. The molecule has 0 heterocycles. The van der Waals surface area contributed by atoms with E-state index in [1.54, 1.807) is 0 Å². The van der Waals surface area contributed by atoms with Crippen molar-refractivity contribution in [3.8, 4) is 0 Å². The number of alkyl halides is 3. The van der Waals surface area contributed by atoms with E-state index in [-0.39, 0.29) is 24.8 Å². The molecule has 1 saturated carbocycles. The minimum atomic E-state index is -4.36. The minimum Gasteiger partial charge on any atom is -0.383 e. The molecule has 1 aliphatic carbocycles. The molecule has 2 N–H and O–H groups in total. The lowest BCUT2D eigenvalue weighted by Gasteiger charge is -2.29. The number of aryl methyl sites for hydroxylation is 1. The molecule has 144 valence electrons. The molecule has 3 nitrogen and oxygen atoms in total. The van der Waals surface area contributed by atoms with E-state index in [0.29, 0.717) is 12.0 Å². The molecule has 6 heteroatoms. The molecule has 2 aromatic rings. The zero-order valence-corrected chi connectivity index (χ0v) is 14.8. The van der Waals surface area contributed by atoms with Crippen LogP contribution in [0.1, 0.15) is 36.0 Å². The first kappa shape index (κ1) is 19.4. The van der Waals surface area contributed by atoms with Crippen LogP contribution in [-0.4, -0.2) is 17.6 Å². The summed E-state index contributed by atoms with van der Waals surface area (Å²) in [5, 5.41) is 13.8. The molecule has 1 amide bonds. The van der Waals surface area contributed by atoms with Gasteiger partial charge in [0.2, 0.25) is 5.91 Å². The Morgan fingerprint density at radius 1 is 1.00 bits per heavy atom. The lowest BCUT2D eigenvalue weighted by atomic mass is 9.88. The van der Waals surface area contributed by atoms with Gasteiger partial charge >= 0.3 is 6.18 Å². The predicted molar refractivity (Wildman–Crippen MR) is 95.8 cm³/mol.